The second kappa shape index (κ2) is 9.33. The van der Waals surface area contributed by atoms with E-state index in [9.17, 15) is 31.2 Å². The topological polar surface area (TPSA) is 92.3 Å². The van der Waals surface area contributed by atoms with Crippen molar-refractivity contribution < 1.29 is 31.2 Å². The maximum absolute atomic E-state index is 12.6. The van der Waals surface area contributed by atoms with Gasteiger partial charge >= 0.3 is 6.18 Å². The molecule has 0 saturated carbocycles. The number of benzene rings is 3. The molecule has 166 valence electrons. The van der Waals surface area contributed by atoms with Crippen LogP contribution in [0.3, 0.4) is 0 Å². The van der Waals surface area contributed by atoms with Gasteiger partial charge in [0.15, 0.2) is 5.78 Å². The van der Waals surface area contributed by atoms with Gasteiger partial charge < -0.3 is 5.32 Å². The Balaban J connectivity index is 1.62. The molecule has 0 fully saturated rings. The number of hydrogen-bond donors (Lipinski definition) is 2. The number of halogens is 3. The van der Waals surface area contributed by atoms with Crippen LogP contribution in [0.1, 0.15) is 26.3 Å². The molecule has 3 aromatic carbocycles. The number of Topliss-reactive ketones (excluding diaryl/α,β-unsaturated/α-hetero) is 1. The molecule has 0 unspecified atom stereocenters. The zero-order chi connectivity index (χ0) is 23.4. The van der Waals surface area contributed by atoms with Gasteiger partial charge in [-0.1, -0.05) is 30.3 Å². The van der Waals surface area contributed by atoms with Crippen molar-refractivity contribution in [3.63, 3.8) is 0 Å². The van der Waals surface area contributed by atoms with E-state index in [0.717, 1.165) is 24.3 Å². The van der Waals surface area contributed by atoms with Crippen molar-refractivity contribution in [3.05, 3.63) is 95.6 Å². The molecule has 10 heteroatoms. The van der Waals surface area contributed by atoms with E-state index in [4.69, 9.17) is 0 Å². The standard InChI is InChI=1S/C22H17F3N2O4S/c23-22(24,25)17-8-6-16(7-9-17)21(29)27-18-10-12-19(13-11-18)32(30,31)26-14-20(28)15-4-2-1-3-5-15/h1-13,26H,14H2,(H,27,29). The summed E-state index contributed by atoms with van der Waals surface area (Å²) >= 11 is 0. The summed E-state index contributed by atoms with van der Waals surface area (Å²) in [5.41, 5.74) is -0.247. The number of rotatable bonds is 7. The van der Waals surface area contributed by atoms with Crippen molar-refractivity contribution in [1.29, 1.82) is 0 Å². The Hall–Kier alpha value is -3.50. The van der Waals surface area contributed by atoms with Crippen molar-refractivity contribution in [3.8, 4) is 0 Å². The van der Waals surface area contributed by atoms with Crippen LogP contribution in [-0.4, -0.2) is 26.7 Å². The van der Waals surface area contributed by atoms with Crippen molar-refractivity contribution in [2.24, 2.45) is 0 Å². The van der Waals surface area contributed by atoms with E-state index in [1.807, 2.05) is 0 Å². The lowest BCUT2D eigenvalue weighted by molar-refractivity contribution is -0.137. The third-order valence-corrected chi connectivity index (χ3v) is 5.83. The second-order valence-electron chi connectivity index (χ2n) is 6.67. The number of carbonyl (C=O) groups excluding carboxylic acids is 2. The Bertz CT molecular complexity index is 1210. The van der Waals surface area contributed by atoms with Crippen LogP contribution >= 0.6 is 0 Å². The number of amides is 1. The van der Waals surface area contributed by atoms with Crippen molar-refractivity contribution >= 4 is 27.4 Å². The fourth-order valence-corrected chi connectivity index (χ4v) is 3.68. The zero-order valence-electron chi connectivity index (χ0n) is 16.4. The molecule has 0 spiro atoms. The lowest BCUT2D eigenvalue weighted by Crippen LogP contribution is -2.29. The highest BCUT2D eigenvalue weighted by molar-refractivity contribution is 7.89. The van der Waals surface area contributed by atoms with E-state index in [0.29, 0.717) is 5.56 Å². The van der Waals surface area contributed by atoms with E-state index in [1.165, 1.54) is 24.3 Å². The van der Waals surface area contributed by atoms with Crippen molar-refractivity contribution in [2.45, 2.75) is 11.1 Å². The SMILES string of the molecule is O=C(CNS(=O)(=O)c1ccc(NC(=O)c2ccc(C(F)(F)F)cc2)cc1)c1ccccc1. The highest BCUT2D eigenvalue weighted by Crippen LogP contribution is 2.29. The molecule has 3 rings (SSSR count). The number of carbonyl (C=O) groups is 2. The number of sulfonamides is 1. The zero-order valence-corrected chi connectivity index (χ0v) is 17.2. The van der Waals surface area contributed by atoms with Gasteiger partial charge in [0.1, 0.15) is 0 Å². The molecular weight excluding hydrogens is 445 g/mol. The first kappa shape index (κ1) is 23.2. The van der Waals surface area contributed by atoms with Crippen LogP contribution < -0.4 is 10.0 Å². The molecule has 0 aromatic heterocycles. The van der Waals surface area contributed by atoms with E-state index in [-0.39, 0.29) is 16.1 Å². The van der Waals surface area contributed by atoms with E-state index in [1.54, 1.807) is 30.3 Å². The predicted molar refractivity (Wildman–Crippen MR) is 112 cm³/mol. The normalized spacial score (nSPS) is 11.7. The van der Waals surface area contributed by atoms with Gasteiger partial charge in [0.2, 0.25) is 10.0 Å². The van der Waals surface area contributed by atoms with Gasteiger partial charge in [0.05, 0.1) is 17.0 Å². The van der Waals surface area contributed by atoms with Crippen LogP contribution in [0.5, 0.6) is 0 Å². The van der Waals surface area contributed by atoms with Crippen LogP contribution in [-0.2, 0) is 16.2 Å². The summed E-state index contributed by atoms with van der Waals surface area (Å²) in [6, 6.07) is 17.0. The number of alkyl halides is 3. The van der Waals surface area contributed by atoms with Gasteiger partial charge in [-0.2, -0.15) is 13.2 Å². The molecule has 0 saturated heterocycles. The molecule has 0 aliphatic heterocycles. The quantitative estimate of drug-likeness (QED) is 0.517. The molecule has 0 heterocycles. The lowest BCUT2D eigenvalue weighted by Gasteiger charge is -2.10. The van der Waals surface area contributed by atoms with Crippen molar-refractivity contribution in [1.82, 2.24) is 4.72 Å². The van der Waals surface area contributed by atoms with Gasteiger partial charge in [-0.05, 0) is 48.5 Å². The molecule has 0 aliphatic carbocycles. The average Bonchev–Trinajstić information content (AvgIpc) is 2.78. The Labute approximate surface area is 182 Å². The minimum Gasteiger partial charge on any atom is -0.322 e. The molecule has 0 bridgehead atoms. The minimum atomic E-state index is -4.50. The average molecular weight is 462 g/mol. The predicted octanol–water partition coefficient (Wildman–Crippen LogP) is 4.12. The fourth-order valence-electron chi connectivity index (χ4n) is 2.70. The Morgan fingerprint density at radius 2 is 1.38 bits per heavy atom. The summed E-state index contributed by atoms with van der Waals surface area (Å²) < 4.78 is 64.8. The van der Waals surface area contributed by atoms with Crippen LogP contribution in [0.2, 0.25) is 0 Å². The lowest BCUT2D eigenvalue weighted by atomic mass is 10.1. The number of nitrogens with one attached hydrogen (secondary N) is 2. The summed E-state index contributed by atoms with van der Waals surface area (Å²) in [7, 11) is -3.97. The molecule has 1 amide bonds. The van der Waals surface area contributed by atoms with Crippen LogP contribution in [0.4, 0.5) is 18.9 Å². The third-order valence-electron chi connectivity index (χ3n) is 4.42. The Morgan fingerprint density at radius 3 is 1.94 bits per heavy atom. The number of hydrogen-bond acceptors (Lipinski definition) is 4. The third kappa shape index (κ3) is 5.80. The van der Waals surface area contributed by atoms with Gasteiger partial charge in [0.25, 0.3) is 5.91 Å². The molecule has 6 nitrogen and oxygen atoms in total. The second-order valence-corrected chi connectivity index (χ2v) is 8.43. The smallest absolute Gasteiger partial charge is 0.322 e. The Kier molecular flexibility index (Phi) is 6.75. The van der Waals surface area contributed by atoms with Gasteiger partial charge in [0, 0.05) is 16.8 Å². The summed E-state index contributed by atoms with van der Waals surface area (Å²) in [4.78, 5) is 24.2. The van der Waals surface area contributed by atoms with Crippen LogP contribution in [0.25, 0.3) is 0 Å². The number of anilines is 1. The van der Waals surface area contributed by atoms with Gasteiger partial charge in [-0.25, -0.2) is 13.1 Å². The summed E-state index contributed by atoms with van der Waals surface area (Å²) in [5, 5.41) is 2.48. The Morgan fingerprint density at radius 1 is 0.781 bits per heavy atom. The van der Waals surface area contributed by atoms with Gasteiger partial charge in [-0.3, -0.25) is 9.59 Å². The van der Waals surface area contributed by atoms with E-state index >= 15 is 0 Å². The van der Waals surface area contributed by atoms with Crippen molar-refractivity contribution in [2.75, 3.05) is 11.9 Å². The van der Waals surface area contributed by atoms with Gasteiger partial charge in [-0.15, -0.1) is 0 Å². The largest absolute Gasteiger partial charge is 0.416 e. The van der Waals surface area contributed by atoms with Crippen LogP contribution in [0, 0.1) is 0 Å². The molecule has 0 atom stereocenters. The molecule has 2 N–H and O–H groups in total. The fraction of sp³-hybridized carbons (Fsp3) is 0.0909. The maximum Gasteiger partial charge on any atom is 0.416 e. The maximum atomic E-state index is 12.6. The minimum absolute atomic E-state index is 0.00999. The molecule has 3 aromatic rings. The molecular formula is C22H17F3N2O4S. The molecule has 32 heavy (non-hydrogen) atoms. The van der Waals surface area contributed by atoms with E-state index < -0.39 is 40.0 Å². The molecule has 0 aliphatic rings. The first-order chi connectivity index (χ1) is 15.1. The summed E-state index contributed by atoms with van der Waals surface area (Å²) in [6.45, 7) is -0.418. The first-order valence-corrected chi connectivity index (χ1v) is 10.7. The van der Waals surface area contributed by atoms with Crippen LogP contribution in [0.15, 0.2) is 83.8 Å². The first-order valence-electron chi connectivity index (χ1n) is 9.23. The summed E-state index contributed by atoms with van der Waals surface area (Å²) in [6.07, 6.45) is -4.50. The van der Waals surface area contributed by atoms with E-state index in [2.05, 4.69) is 10.0 Å². The monoisotopic (exact) mass is 462 g/mol. The highest BCUT2D eigenvalue weighted by atomic mass is 32.2. The number of ketones is 1. The highest BCUT2D eigenvalue weighted by Gasteiger charge is 2.30. The molecule has 0 radical (unpaired) electrons. The summed E-state index contributed by atoms with van der Waals surface area (Å²) in [5.74, 6) is -1.05.